The van der Waals surface area contributed by atoms with Gasteiger partial charge in [-0.3, -0.25) is 4.79 Å². The minimum Gasteiger partial charge on any atom is -0.354 e. The van der Waals surface area contributed by atoms with Crippen molar-refractivity contribution in [3.8, 4) is 0 Å². The van der Waals surface area contributed by atoms with Crippen molar-refractivity contribution in [1.82, 2.24) is 5.32 Å². The number of hydrogen-bond acceptors (Lipinski definition) is 3. The third-order valence-corrected chi connectivity index (χ3v) is 4.30. The largest absolute Gasteiger partial charge is 0.354 e. The first-order valence-corrected chi connectivity index (χ1v) is 8.16. The van der Waals surface area contributed by atoms with Gasteiger partial charge in [-0.05, 0) is 31.9 Å². The Bertz CT molecular complexity index is 535. The molecule has 106 valence electrons. The van der Waals surface area contributed by atoms with E-state index in [9.17, 15) is 13.2 Å². The van der Waals surface area contributed by atoms with Crippen molar-refractivity contribution in [1.29, 1.82) is 0 Å². The van der Waals surface area contributed by atoms with Crippen LogP contribution in [0.3, 0.4) is 0 Å². The van der Waals surface area contributed by atoms with Gasteiger partial charge in [0.2, 0.25) is 5.91 Å². The molecule has 0 heterocycles. The van der Waals surface area contributed by atoms with Gasteiger partial charge < -0.3 is 5.32 Å². The van der Waals surface area contributed by atoms with Crippen LogP contribution in [0.15, 0.2) is 24.3 Å². The molecular formula is C14H21NO3S. The number of benzene rings is 1. The topological polar surface area (TPSA) is 63.2 Å². The van der Waals surface area contributed by atoms with E-state index in [1.807, 2.05) is 39.0 Å². The van der Waals surface area contributed by atoms with Gasteiger partial charge in [0.25, 0.3) is 0 Å². The maximum Gasteiger partial charge on any atom is 0.221 e. The maximum atomic E-state index is 12.0. The Morgan fingerprint density at radius 2 is 1.89 bits per heavy atom. The molecule has 1 N–H and O–H groups in total. The lowest BCUT2D eigenvalue weighted by Crippen LogP contribution is -2.31. The van der Waals surface area contributed by atoms with Crippen molar-refractivity contribution < 1.29 is 13.2 Å². The summed E-state index contributed by atoms with van der Waals surface area (Å²) in [4.78, 5) is 11.4. The second-order valence-corrected chi connectivity index (χ2v) is 7.17. The monoisotopic (exact) mass is 283 g/mol. The number of aryl methyl sites for hydroxylation is 1. The van der Waals surface area contributed by atoms with Gasteiger partial charge in [-0.15, -0.1) is 0 Å². The normalized spacial score (nSPS) is 11.6. The van der Waals surface area contributed by atoms with Crippen molar-refractivity contribution in [2.75, 3.05) is 5.75 Å². The molecule has 1 aromatic rings. The zero-order valence-electron chi connectivity index (χ0n) is 11.6. The van der Waals surface area contributed by atoms with Crippen LogP contribution in [0, 0.1) is 6.92 Å². The Morgan fingerprint density at radius 1 is 1.26 bits per heavy atom. The smallest absolute Gasteiger partial charge is 0.221 e. The summed E-state index contributed by atoms with van der Waals surface area (Å²) in [6.07, 6.45) is 0.0202. The molecular weight excluding hydrogens is 262 g/mol. The van der Waals surface area contributed by atoms with Crippen LogP contribution in [0.25, 0.3) is 0 Å². The Labute approximate surface area is 115 Å². The van der Waals surface area contributed by atoms with Gasteiger partial charge >= 0.3 is 0 Å². The van der Waals surface area contributed by atoms with Crippen LogP contribution in [0.4, 0.5) is 0 Å². The number of rotatable bonds is 6. The second-order valence-electron chi connectivity index (χ2n) is 4.99. The molecule has 1 amide bonds. The fraction of sp³-hybridized carbons (Fsp3) is 0.500. The van der Waals surface area contributed by atoms with Crippen LogP contribution >= 0.6 is 0 Å². The molecule has 1 rings (SSSR count). The summed E-state index contributed by atoms with van der Waals surface area (Å²) >= 11 is 0. The Kier molecular flexibility index (Phi) is 5.54. The molecule has 0 radical (unpaired) electrons. The molecule has 5 heteroatoms. The summed E-state index contributed by atoms with van der Waals surface area (Å²) in [5.74, 6) is -0.336. The van der Waals surface area contributed by atoms with Gasteiger partial charge in [-0.2, -0.15) is 0 Å². The first-order chi connectivity index (χ1) is 8.80. The third-order valence-electron chi connectivity index (χ3n) is 2.73. The van der Waals surface area contributed by atoms with Crippen LogP contribution in [0.2, 0.25) is 0 Å². The predicted octanol–water partition coefficient (Wildman–Crippen LogP) is 1.82. The van der Waals surface area contributed by atoms with Crippen molar-refractivity contribution >= 4 is 15.7 Å². The van der Waals surface area contributed by atoms with Crippen molar-refractivity contribution in [2.24, 2.45) is 0 Å². The van der Waals surface area contributed by atoms with Gasteiger partial charge in [0.1, 0.15) is 0 Å². The highest BCUT2D eigenvalue weighted by Crippen LogP contribution is 2.12. The minimum absolute atomic E-state index is 0.00533. The summed E-state index contributed by atoms with van der Waals surface area (Å²) in [6, 6.07) is 7.42. The Balaban J connectivity index is 2.58. The van der Waals surface area contributed by atoms with Crippen molar-refractivity contribution in [2.45, 2.75) is 39.0 Å². The van der Waals surface area contributed by atoms with E-state index in [0.717, 1.165) is 11.1 Å². The number of hydrogen-bond donors (Lipinski definition) is 1. The molecule has 0 bridgehead atoms. The van der Waals surface area contributed by atoms with Crippen LogP contribution in [-0.2, 0) is 20.4 Å². The molecule has 0 aromatic heterocycles. The highest BCUT2D eigenvalue weighted by Gasteiger charge is 2.15. The molecule has 0 unspecified atom stereocenters. The average Bonchev–Trinajstić information content (AvgIpc) is 2.29. The molecule has 0 spiro atoms. The lowest BCUT2D eigenvalue weighted by Gasteiger charge is -2.09. The van der Waals surface area contributed by atoms with E-state index < -0.39 is 9.84 Å². The van der Waals surface area contributed by atoms with E-state index >= 15 is 0 Å². The summed E-state index contributed by atoms with van der Waals surface area (Å²) < 4.78 is 23.9. The molecule has 0 saturated heterocycles. The maximum absolute atomic E-state index is 12.0. The van der Waals surface area contributed by atoms with Gasteiger partial charge in [0, 0.05) is 12.5 Å². The third kappa shape index (κ3) is 5.87. The van der Waals surface area contributed by atoms with Gasteiger partial charge in [0.15, 0.2) is 9.84 Å². The zero-order chi connectivity index (χ0) is 14.5. The Hall–Kier alpha value is -1.36. The summed E-state index contributed by atoms with van der Waals surface area (Å²) in [6.45, 7) is 5.58. The summed E-state index contributed by atoms with van der Waals surface area (Å²) in [5, 5.41) is 2.69. The fourth-order valence-electron chi connectivity index (χ4n) is 1.72. The molecule has 0 aliphatic rings. The molecule has 0 atom stereocenters. The van der Waals surface area contributed by atoms with E-state index in [-0.39, 0.29) is 29.9 Å². The van der Waals surface area contributed by atoms with Crippen molar-refractivity contribution in [3.05, 3.63) is 35.4 Å². The van der Waals surface area contributed by atoms with Crippen LogP contribution in [-0.4, -0.2) is 26.1 Å². The number of sulfone groups is 1. The van der Waals surface area contributed by atoms with E-state index in [0.29, 0.717) is 0 Å². The highest BCUT2D eigenvalue weighted by molar-refractivity contribution is 7.90. The van der Waals surface area contributed by atoms with Crippen LogP contribution < -0.4 is 5.32 Å². The summed E-state index contributed by atoms with van der Waals surface area (Å²) in [5.41, 5.74) is 1.75. The lowest BCUT2D eigenvalue weighted by atomic mass is 10.1. The number of carbonyl (C=O) groups is 1. The van der Waals surface area contributed by atoms with Gasteiger partial charge in [-0.25, -0.2) is 8.42 Å². The second kappa shape index (κ2) is 6.70. The zero-order valence-corrected chi connectivity index (χ0v) is 12.5. The first kappa shape index (κ1) is 15.7. The molecule has 4 nitrogen and oxygen atoms in total. The van der Waals surface area contributed by atoms with E-state index in [2.05, 4.69) is 5.32 Å². The van der Waals surface area contributed by atoms with Gasteiger partial charge in [0.05, 0.1) is 11.5 Å². The van der Waals surface area contributed by atoms with E-state index in [4.69, 9.17) is 0 Å². The average molecular weight is 283 g/mol. The number of carbonyl (C=O) groups excluding carboxylic acids is 1. The standard InChI is InChI=1S/C14H21NO3S/c1-11(2)15-14(16)8-9-19(17,18)10-13-7-5-4-6-12(13)3/h4-7,11H,8-10H2,1-3H3,(H,15,16). The number of amides is 1. The highest BCUT2D eigenvalue weighted by atomic mass is 32.2. The summed E-state index contributed by atoms with van der Waals surface area (Å²) in [7, 11) is -3.25. The molecule has 0 fully saturated rings. The number of nitrogens with one attached hydrogen (secondary N) is 1. The fourth-order valence-corrected chi connectivity index (χ4v) is 3.16. The van der Waals surface area contributed by atoms with E-state index in [1.54, 1.807) is 6.07 Å². The minimum atomic E-state index is -3.25. The van der Waals surface area contributed by atoms with Gasteiger partial charge in [-0.1, -0.05) is 24.3 Å². The first-order valence-electron chi connectivity index (χ1n) is 6.34. The lowest BCUT2D eigenvalue weighted by molar-refractivity contribution is -0.121. The molecule has 19 heavy (non-hydrogen) atoms. The van der Waals surface area contributed by atoms with E-state index in [1.165, 1.54) is 0 Å². The quantitative estimate of drug-likeness (QED) is 0.866. The molecule has 0 aliphatic carbocycles. The van der Waals surface area contributed by atoms with Crippen molar-refractivity contribution in [3.63, 3.8) is 0 Å². The molecule has 0 saturated carbocycles. The van der Waals surface area contributed by atoms with Crippen LogP contribution in [0.1, 0.15) is 31.4 Å². The molecule has 0 aliphatic heterocycles. The van der Waals surface area contributed by atoms with Crippen LogP contribution in [0.5, 0.6) is 0 Å². The predicted molar refractivity (Wildman–Crippen MR) is 76.6 cm³/mol. The molecule has 1 aromatic carbocycles. The SMILES string of the molecule is Cc1ccccc1CS(=O)(=O)CCC(=O)NC(C)C. The Morgan fingerprint density at radius 3 is 2.47 bits per heavy atom.